The molecule has 96 valence electrons. The van der Waals surface area contributed by atoms with Crippen molar-refractivity contribution in [3.8, 4) is 17.2 Å². The second kappa shape index (κ2) is 4.02. The Labute approximate surface area is 110 Å². The number of oxazole rings is 1. The predicted octanol–water partition coefficient (Wildman–Crippen LogP) is 3.40. The van der Waals surface area contributed by atoms with Gasteiger partial charge in [-0.25, -0.2) is 4.98 Å². The van der Waals surface area contributed by atoms with Crippen LogP contribution in [0, 0.1) is 13.8 Å². The number of nitrogens with zero attached hydrogens (tertiary/aromatic N) is 1. The lowest BCUT2D eigenvalue weighted by atomic mass is 10.1. The van der Waals surface area contributed by atoms with E-state index in [0.717, 1.165) is 22.2 Å². The molecule has 19 heavy (non-hydrogen) atoms. The van der Waals surface area contributed by atoms with E-state index in [1.807, 2.05) is 26.0 Å². The summed E-state index contributed by atoms with van der Waals surface area (Å²) in [6.45, 7) is 4.02. The molecule has 0 atom stereocenters. The first kappa shape index (κ1) is 11.6. The van der Waals surface area contributed by atoms with Crippen LogP contribution in [0.5, 0.6) is 5.75 Å². The van der Waals surface area contributed by atoms with Crippen molar-refractivity contribution in [1.82, 2.24) is 4.98 Å². The fourth-order valence-electron chi connectivity index (χ4n) is 2.07. The van der Waals surface area contributed by atoms with Crippen molar-refractivity contribution < 1.29 is 9.52 Å². The molecule has 1 aromatic heterocycles. The second-order valence-electron chi connectivity index (χ2n) is 4.65. The highest BCUT2D eigenvalue weighted by atomic mass is 16.3. The quantitative estimate of drug-likeness (QED) is 0.653. The van der Waals surface area contributed by atoms with Gasteiger partial charge in [-0.05, 0) is 43.2 Å². The molecular weight excluding hydrogens is 240 g/mol. The maximum absolute atomic E-state index is 9.91. The van der Waals surface area contributed by atoms with Gasteiger partial charge in [-0.2, -0.15) is 0 Å². The molecule has 0 fully saturated rings. The molecule has 0 aliphatic carbocycles. The Hall–Kier alpha value is -2.49. The molecule has 3 aromatic rings. The van der Waals surface area contributed by atoms with Gasteiger partial charge in [0, 0.05) is 11.8 Å². The van der Waals surface area contributed by atoms with Gasteiger partial charge in [-0.15, -0.1) is 0 Å². The molecule has 0 bridgehead atoms. The van der Waals surface area contributed by atoms with Gasteiger partial charge in [0.05, 0.1) is 5.56 Å². The van der Waals surface area contributed by atoms with Gasteiger partial charge in [0.2, 0.25) is 5.89 Å². The van der Waals surface area contributed by atoms with Crippen LogP contribution in [0.1, 0.15) is 11.1 Å². The summed E-state index contributed by atoms with van der Waals surface area (Å²) in [6.07, 6.45) is 0. The van der Waals surface area contributed by atoms with Crippen LogP contribution < -0.4 is 5.73 Å². The van der Waals surface area contributed by atoms with Crippen LogP contribution in [0.15, 0.2) is 34.7 Å². The molecular formula is C15H14N2O2. The first-order valence-electron chi connectivity index (χ1n) is 6.02. The fraction of sp³-hybridized carbons (Fsp3) is 0.133. The van der Waals surface area contributed by atoms with Gasteiger partial charge < -0.3 is 15.3 Å². The Kier molecular flexibility index (Phi) is 2.45. The van der Waals surface area contributed by atoms with Gasteiger partial charge in [-0.3, -0.25) is 0 Å². The average molecular weight is 254 g/mol. The second-order valence-corrected chi connectivity index (χ2v) is 4.65. The summed E-state index contributed by atoms with van der Waals surface area (Å²) in [5, 5.41) is 9.91. The third-order valence-electron chi connectivity index (χ3n) is 3.33. The number of hydrogen-bond acceptors (Lipinski definition) is 4. The van der Waals surface area contributed by atoms with Crippen molar-refractivity contribution in [2.45, 2.75) is 13.8 Å². The zero-order valence-electron chi connectivity index (χ0n) is 10.8. The summed E-state index contributed by atoms with van der Waals surface area (Å²) in [4.78, 5) is 4.41. The van der Waals surface area contributed by atoms with Gasteiger partial charge in [0.25, 0.3) is 0 Å². The monoisotopic (exact) mass is 254 g/mol. The van der Waals surface area contributed by atoms with Gasteiger partial charge in [0.1, 0.15) is 11.3 Å². The maximum Gasteiger partial charge on any atom is 0.231 e. The van der Waals surface area contributed by atoms with Crippen molar-refractivity contribution in [3.05, 3.63) is 41.5 Å². The standard InChI is InChI=1S/C15H14N2O2/c1-8-3-6-12-14(9(8)2)19-15(17-12)11-5-4-10(16)7-13(11)18/h3-7,18H,16H2,1-2H3. The number of fused-ring (bicyclic) bond motifs is 1. The number of nitrogens with two attached hydrogens (primary N) is 1. The van der Waals surface area contributed by atoms with E-state index in [4.69, 9.17) is 10.2 Å². The Morgan fingerprint density at radius 2 is 1.95 bits per heavy atom. The summed E-state index contributed by atoms with van der Waals surface area (Å²) >= 11 is 0. The summed E-state index contributed by atoms with van der Waals surface area (Å²) in [5.41, 5.74) is 10.4. The fourth-order valence-corrected chi connectivity index (χ4v) is 2.07. The lowest BCUT2D eigenvalue weighted by Gasteiger charge is -2.00. The SMILES string of the molecule is Cc1ccc2nc(-c3ccc(N)cc3O)oc2c1C. The highest BCUT2D eigenvalue weighted by Crippen LogP contribution is 2.33. The van der Waals surface area contributed by atoms with Crippen LogP contribution in [-0.2, 0) is 0 Å². The lowest BCUT2D eigenvalue weighted by Crippen LogP contribution is -1.85. The Balaban J connectivity index is 2.23. The van der Waals surface area contributed by atoms with E-state index in [1.54, 1.807) is 12.1 Å². The van der Waals surface area contributed by atoms with Crippen molar-refractivity contribution in [1.29, 1.82) is 0 Å². The first-order valence-corrected chi connectivity index (χ1v) is 6.02. The molecule has 4 nitrogen and oxygen atoms in total. The smallest absolute Gasteiger partial charge is 0.231 e. The summed E-state index contributed by atoms with van der Waals surface area (Å²) in [7, 11) is 0. The molecule has 3 N–H and O–H groups in total. The van der Waals surface area contributed by atoms with Crippen LogP contribution in [0.2, 0.25) is 0 Å². The lowest BCUT2D eigenvalue weighted by molar-refractivity contribution is 0.474. The minimum atomic E-state index is 0.0703. The van der Waals surface area contributed by atoms with Crippen molar-refractivity contribution in [3.63, 3.8) is 0 Å². The normalized spacial score (nSPS) is 11.1. The Bertz CT molecular complexity index is 775. The van der Waals surface area contributed by atoms with E-state index in [1.165, 1.54) is 6.07 Å². The average Bonchev–Trinajstić information content (AvgIpc) is 2.78. The molecule has 0 spiro atoms. The number of phenolic OH excluding ortho intramolecular Hbond substituents is 1. The number of aromatic hydroxyl groups is 1. The number of rotatable bonds is 1. The molecule has 0 saturated carbocycles. The highest BCUT2D eigenvalue weighted by Gasteiger charge is 2.14. The van der Waals surface area contributed by atoms with Crippen LogP contribution in [0.25, 0.3) is 22.6 Å². The maximum atomic E-state index is 9.91. The third kappa shape index (κ3) is 1.81. The minimum absolute atomic E-state index is 0.0703. The van der Waals surface area contributed by atoms with Gasteiger partial charge in [0.15, 0.2) is 5.58 Å². The van der Waals surface area contributed by atoms with E-state index in [2.05, 4.69) is 4.98 Å². The number of phenols is 1. The number of nitrogen functional groups attached to an aromatic ring is 1. The molecule has 0 aliphatic rings. The van der Waals surface area contributed by atoms with Gasteiger partial charge in [-0.1, -0.05) is 6.07 Å². The molecule has 0 radical (unpaired) electrons. The van der Waals surface area contributed by atoms with Crippen LogP contribution in [-0.4, -0.2) is 10.1 Å². The van der Waals surface area contributed by atoms with Crippen LogP contribution in [0.3, 0.4) is 0 Å². The highest BCUT2D eigenvalue weighted by molar-refractivity contribution is 5.81. The van der Waals surface area contributed by atoms with E-state index >= 15 is 0 Å². The number of benzene rings is 2. The minimum Gasteiger partial charge on any atom is -0.507 e. The third-order valence-corrected chi connectivity index (χ3v) is 3.33. The number of hydrogen-bond donors (Lipinski definition) is 2. The summed E-state index contributed by atoms with van der Waals surface area (Å²) in [6, 6.07) is 8.83. The molecule has 0 unspecified atom stereocenters. The van der Waals surface area contributed by atoms with E-state index in [9.17, 15) is 5.11 Å². The summed E-state index contributed by atoms with van der Waals surface area (Å²) in [5.74, 6) is 0.474. The van der Waals surface area contributed by atoms with Crippen LogP contribution in [0.4, 0.5) is 5.69 Å². The van der Waals surface area contributed by atoms with Crippen molar-refractivity contribution in [2.24, 2.45) is 0 Å². The topological polar surface area (TPSA) is 72.3 Å². The summed E-state index contributed by atoms with van der Waals surface area (Å²) < 4.78 is 5.77. The molecule has 1 heterocycles. The molecule has 2 aromatic carbocycles. The molecule has 3 rings (SSSR count). The van der Waals surface area contributed by atoms with E-state index < -0.39 is 0 Å². The van der Waals surface area contributed by atoms with Gasteiger partial charge >= 0.3 is 0 Å². The molecule has 4 heteroatoms. The molecule has 0 aliphatic heterocycles. The number of anilines is 1. The van der Waals surface area contributed by atoms with Crippen LogP contribution >= 0.6 is 0 Å². The van der Waals surface area contributed by atoms with E-state index in [-0.39, 0.29) is 5.75 Å². The Morgan fingerprint density at radius 3 is 2.68 bits per heavy atom. The predicted molar refractivity (Wildman–Crippen MR) is 75.0 cm³/mol. The molecule has 0 amide bonds. The zero-order chi connectivity index (χ0) is 13.6. The number of aryl methyl sites for hydroxylation is 2. The van der Waals surface area contributed by atoms with Crippen molar-refractivity contribution in [2.75, 3.05) is 5.73 Å². The first-order chi connectivity index (χ1) is 9.06. The molecule has 0 saturated heterocycles. The Morgan fingerprint density at radius 1 is 1.16 bits per heavy atom. The largest absolute Gasteiger partial charge is 0.507 e. The van der Waals surface area contributed by atoms with E-state index in [0.29, 0.717) is 17.1 Å². The number of aromatic nitrogens is 1. The van der Waals surface area contributed by atoms with Crippen molar-refractivity contribution >= 4 is 16.8 Å². The zero-order valence-corrected chi connectivity index (χ0v) is 10.8.